The maximum absolute atomic E-state index is 12.5. The predicted octanol–water partition coefficient (Wildman–Crippen LogP) is 6.12. The van der Waals surface area contributed by atoms with Crippen molar-refractivity contribution in [3.05, 3.63) is 70.6 Å². The minimum atomic E-state index is -0.901. The van der Waals surface area contributed by atoms with Gasteiger partial charge in [-0.15, -0.1) is 11.3 Å². The Labute approximate surface area is 195 Å². The van der Waals surface area contributed by atoms with Gasteiger partial charge in [-0.05, 0) is 60.7 Å². The van der Waals surface area contributed by atoms with Crippen molar-refractivity contribution in [2.24, 2.45) is 5.92 Å². The number of para-hydroxylation sites is 1. The molecule has 0 atom stereocenters. The molecule has 2 amide bonds. The van der Waals surface area contributed by atoms with Gasteiger partial charge in [0.2, 0.25) is 0 Å². The number of carbonyl (C=O) groups is 2. The van der Waals surface area contributed by atoms with Crippen molar-refractivity contribution in [2.45, 2.75) is 12.8 Å². The number of carboxylic acids is 1. The highest BCUT2D eigenvalue weighted by Crippen LogP contribution is 2.30. The van der Waals surface area contributed by atoms with Crippen LogP contribution in [0, 0.1) is 5.92 Å². The number of carbonyl (C=O) groups excluding carboxylic acids is 1. The fraction of sp³-hybridized carbons (Fsp3) is 0.250. The standard InChI is InChI=1S/C24H24ClN3O3S/c25-19-6-1-2-7-20(19)27-24(31)28-12-10-16(11-13-28)15-26-18-5-3-4-17(14-18)21-8-9-22(32-21)23(29)30/h1-9,14,16,26H,10-13,15H2,(H,27,31)(H,29,30). The number of nitrogens with zero attached hydrogens (tertiary/aromatic N) is 1. The summed E-state index contributed by atoms with van der Waals surface area (Å²) in [5, 5.41) is 16.0. The van der Waals surface area contributed by atoms with Crippen LogP contribution in [0.1, 0.15) is 22.5 Å². The summed E-state index contributed by atoms with van der Waals surface area (Å²) in [6.07, 6.45) is 1.85. The Hall–Kier alpha value is -3.03. The van der Waals surface area contributed by atoms with E-state index in [4.69, 9.17) is 16.7 Å². The number of nitrogens with one attached hydrogen (secondary N) is 2. The summed E-state index contributed by atoms with van der Waals surface area (Å²) < 4.78 is 0. The number of hydrogen-bond donors (Lipinski definition) is 3. The number of anilines is 2. The minimum absolute atomic E-state index is 0.117. The monoisotopic (exact) mass is 469 g/mol. The van der Waals surface area contributed by atoms with Crippen LogP contribution in [0.5, 0.6) is 0 Å². The molecule has 1 fully saturated rings. The average Bonchev–Trinajstić information content (AvgIpc) is 3.31. The molecular formula is C24H24ClN3O3S. The number of halogens is 1. The zero-order valence-electron chi connectivity index (χ0n) is 17.4. The highest BCUT2D eigenvalue weighted by Gasteiger charge is 2.23. The van der Waals surface area contributed by atoms with E-state index in [2.05, 4.69) is 10.6 Å². The molecular weight excluding hydrogens is 446 g/mol. The van der Waals surface area contributed by atoms with Gasteiger partial charge in [-0.2, -0.15) is 0 Å². The molecule has 6 nitrogen and oxygen atoms in total. The number of carboxylic acid groups (broad SMARTS) is 1. The van der Waals surface area contributed by atoms with Gasteiger partial charge < -0.3 is 20.6 Å². The quantitative estimate of drug-likeness (QED) is 0.406. The Morgan fingerprint density at radius 3 is 2.56 bits per heavy atom. The topological polar surface area (TPSA) is 81.7 Å². The van der Waals surface area contributed by atoms with E-state index in [9.17, 15) is 9.59 Å². The van der Waals surface area contributed by atoms with Crippen LogP contribution in [0.25, 0.3) is 10.4 Å². The summed E-state index contributed by atoms with van der Waals surface area (Å²) in [7, 11) is 0. The molecule has 8 heteroatoms. The Balaban J connectivity index is 1.27. The van der Waals surface area contributed by atoms with Gasteiger partial charge in [0, 0.05) is 30.2 Å². The fourth-order valence-electron chi connectivity index (χ4n) is 3.75. The van der Waals surface area contributed by atoms with Crippen LogP contribution in [-0.2, 0) is 0 Å². The largest absolute Gasteiger partial charge is 0.477 e. The van der Waals surface area contributed by atoms with Crippen molar-refractivity contribution in [3.63, 3.8) is 0 Å². The van der Waals surface area contributed by atoms with E-state index in [0.717, 1.165) is 35.5 Å². The number of likely N-dealkylation sites (tertiary alicyclic amines) is 1. The van der Waals surface area contributed by atoms with Crippen molar-refractivity contribution in [3.8, 4) is 10.4 Å². The van der Waals surface area contributed by atoms with Crippen LogP contribution in [-0.4, -0.2) is 41.6 Å². The molecule has 2 heterocycles. The summed E-state index contributed by atoms with van der Waals surface area (Å²) in [6, 6.07) is 18.6. The lowest BCUT2D eigenvalue weighted by atomic mass is 9.97. The Morgan fingerprint density at radius 1 is 1.06 bits per heavy atom. The first kappa shape index (κ1) is 22.2. The maximum Gasteiger partial charge on any atom is 0.345 e. The van der Waals surface area contributed by atoms with Crippen molar-refractivity contribution >= 4 is 46.3 Å². The van der Waals surface area contributed by atoms with E-state index < -0.39 is 5.97 Å². The zero-order valence-corrected chi connectivity index (χ0v) is 19.0. The normalized spacial score (nSPS) is 14.2. The number of rotatable bonds is 6. The number of piperidine rings is 1. The molecule has 0 saturated carbocycles. The van der Waals surface area contributed by atoms with Gasteiger partial charge >= 0.3 is 12.0 Å². The van der Waals surface area contributed by atoms with Gasteiger partial charge in [0.15, 0.2) is 0 Å². The molecule has 0 unspecified atom stereocenters. The van der Waals surface area contributed by atoms with Gasteiger partial charge in [0.05, 0.1) is 10.7 Å². The summed E-state index contributed by atoms with van der Waals surface area (Å²) in [4.78, 5) is 26.8. The van der Waals surface area contributed by atoms with Crippen molar-refractivity contribution < 1.29 is 14.7 Å². The summed E-state index contributed by atoms with van der Waals surface area (Å²) in [5.74, 6) is -0.425. The molecule has 0 radical (unpaired) electrons. The Kier molecular flexibility index (Phi) is 6.97. The molecule has 166 valence electrons. The summed E-state index contributed by atoms with van der Waals surface area (Å²) in [6.45, 7) is 2.24. The summed E-state index contributed by atoms with van der Waals surface area (Å²) in [5.41, 5.74) is 2.63. The van der Waals surface area contributed by atoms with Gasteiger partial charge in [-0.1, -0.05) is 35.9 Å². The Morgan fingerprint density at radius 2 is 1.84 bits per heavy atom. The number of hydrogen-bond acceptors (Lipinski definition) is 4. The van der Waals surface area contributed by atoms with Crippen LogP contribution >= 0.6 is 22.9 Å². The third-order valence-electron chi connectivity index (χ3n) is 5.58. The number of urea groups is 1. The molecule has 0 bridgehead atoms. The number of benzene rings is 2. The second-order valence-electron chi connectivity index (χ2n) is 7.77. The molecule has 2 aromatic carbocycles. The van der Waals surface area contributed by atoms with Crippen LogP contribution in [0.15, 0.2) is 60.7 Å². The second-order valence-corrected chi connectivity index (χ2v) is 9.26. The van der Waals surface area contributed by atoms with Gasteiger partial charge in [-0.25, -0.2) is 9.59 Å². The van der Waals surface area contributed by atoms with E-state index in [1.165, 1.54) is 11.3 Å². The lowest BCUT2D eigenvalue weighted by Crippen LogP contribution is -2.42. The molecule has 3 N–H and O–H groups in total. The van der Waals surface area contributed by atoms with Crippen LogP contribution in [0.2, 0.25) is 5.02 Å². The maximum atomic E-state index is 12.5. The number of amides is 2. The molecule has 3 aromatic rings. The summed E-state index contributed by atoms with van der Waals surface area (Å²) >= 11 is 7.40. The number of aromatic carboxylic acids is 1. The molecule has 32 heavy (non-hydrogen) atoms. The molecule has 1 aliphatic heterocycles. The van der Waals surface area contributed by atoms with Crippen molar-refractivity contribution in [1.82, 2.24) is 4.90 Å². The van der Waals surface area contributed by atoms with Crippen molar-refractivity contribution in [1.29, 1.82) is 0 Å². The lowest BCUT2D eigenvalue weighted by Gasteiger charge is -2.32. The van der Waals surface area contributed by atoms with E-state index in [1.54, 1.807) is 18.2 Å². The third kappa shape index (κ3) is 5.41. The van der Waals surface area contributed by atoms with E-state index >= 15 is 0 Å². The molecule has 4 rings (SSSR count). The average molecular weight is 470 g/mol. The number of thiophene rings is 1. The smallest absolute Gasteiger partial charge is 0.345 e. The first-order valence-corrected chi connectivity index (χ1v) is 11.7. The lowest BCUT2D eigenvalue weighted by molar-refractivity contribution is 0.0702. The molecule has 1 aliphatic rings. The highest BCUT2D eigenvalue weighted by atomic mass is 35.5. The van der Waals surface area contributed by atoms with Crippen LogP contribution in [0.3, 0.4) is 0 Å². The van der Waals surface area contributed by atoms with E-state index in [1.807, 2.05) is 47.4 Å². The third-order valence-corrected chi connectivity index (χ3v) is 7.03. The fourth-order valence-corrected chi connectivity index (χ4v) is 4.77. The van der Waals surface area contributed by atoms with Gasteiger partial charge in [0.1, 0.15) is 4.88 Å². The second kappa shape index (κ2) is 10.1. The van der Waals surface area contributed by atoms with Gasteiger partial charge in [-0.3, -0.25) is 0 Å². The molecule has 0 aliphatic carbocycles. The van der Waals surface area contributed by atoms with Crippen LogP contribution in [0.4, 0.5) is 16.2 Å². The first-order chi connectivity index (χ1) is 15.5. The minimum Gasteiger partial charge on any atom is -0.477 e. The van der Waals surface area contributed by atoms with Crippen LogP contribution < -0.4 is 10.6 Å². The molecule has 1 aromatic heterocycles. The molecule has 0 spiro atoms. The van der Waals surface area contributed by atoms with Crippen molar-refractivity contribution in [2.75, 3.05) is 30.3 Å². The zero-order chi connectivity index (χ0) is 22.5. The van der Waals surface area contributed by atoms with E-state index in [0.29, 0.717) is 34.6 Å². The molecule has 1 saturated heterocycles. The Bertz CT molecular complexity index is 1110. The van der Waals surface area contributed by atoms with E-state index in [-0.39, 0.29) is 6.03 Å². The highest BCUT2D eigenvalue weighted by molar-refractivity contribution is 7.17. The first-order valence-electron chi connectivity index (χ1n) is 10.5. The SMILES string of the molecule is O=C(O)c1ccc(-c2cccc(NCC3CCN(C(=O)Nc4ccccc4Cl)CC3)c2)s1. The van der Waals surface area contributed by atoms with Gasteiger partial charge in [0.25, 0.3) is 0 Å². The predicted molar refractivity (Wildman–Crippen MR) is 130 cm³/mol.